The van der Waals surface area contributed by atoms with Crippen LogP contribution in [0, 0.1) is 12.8 Å². The number of hydrogen-bond donors (Lipinski definition) is 2. The predicted octanol–water partition coefficient (Wildman–Crippen LogP) is 1.95. The van der Waals surface area contributed by atoms with Gasteiger partial charge in [0.25, 0.3) is 0 Å². The summed E-state index contributed by atoms with van der Waals surface area (Å²) in [5, 5.41) is 3.02. The van der Waals surface area contributed by atoms with E-state index in [0.29, 0.717) is 11.4 Å². The molecule has 1 atom stereocenters. The van der Waals surface area contributed by atoms with E-state index in [1.54, 1.807) is 13.0 Å². The zero-order valence-electron chi connectivity index (χ0n) is 10.1. The van der Waals surface area contributed by atoms with Crippen molar-refractivity contribution in [1.82, 2.24) is 10.0 Å². The molecule has 0 aliphatic heterocycles. The molecule has 7 heteroatoms. The summed E-state index contributed by atoms with van der Waals surface area (Å²) >= 11 is 4.72. The lowest BCUT2D eigenvalue weighted by Crippen LogP contribution is -2.32. The van der Waals surface area contributed by atoms with Crippen LogP contribution in [-0.4, -0.2) is 28.6 Å². The molecule has 0 aliphatic carbocycles. The van der Waals surface area contributed by atoms with Crippen molar-refractivity contribution in [2.45, 2.75) is 18.7 Å². The normalized spacial score (nSPS) is 13.9. The highest BCUT2D eigenvalue weighted by atomic mass is 79.9. The molecule has 0 saturated carbocycles. The summed E-state index contributed by atoms with van der Waals surface area (Å²) in [7, 11) is -1.53. The van der Waals surface area contributed by atoms with Gasteiger partial charge in [0.1, 0.15) is 0 Å². The second-order valence-electron chi connectivity index (χ2n) is 3.99. The van der Waals surface area contributed by atoms with Crippen LogP contribution in [-0.2, 0) is 10.0 Å². The Labute approximate surface area is 115 Å². The van der Waals surface area contributed by atoms with Crippen molar-refractivity contribution in [2.24, 2.45) is 5.92 Å². The van der Waals surface area contributed by atoms with Crippen LogP contribution in [0.4, 0.5) is 0 Å². The first-order chi connectivity index (χ1) is 7.86. The largest absolute Gasteiger partial charge is 0.319 e. The van der Waals surface area contributed by atoms with E-state index in [2.05, 4.69) is 26.0 Å². The molecule has 0 radical (unpaired) electrons. The number of nitrogens with one attached hydrogen (secondary N) is 2. The second kappa shape index (κ2) is 6.29. The highest BCUT2D eigenvalue weighted by Crippen LogP contribution is 2.29. The topological polar surface area (TPSA) is 58.2 Å². The summed E-state index contributed by atoms with van der Waals surface area (Å²) in [6.07, 6.45) is 0. The Hall–Kier alpha value is 0.0500. The van der Waals surface area contributed by atoms with Gasteiger partial charge < -0.3 is 5.32 Å². The van der Waals surface area contributed by atoms with Crippen LogP contribution in [0.1, 0.15) is 11.8 Å². The highest BCUT2D eigenvalue weighted by molar-refractivity contribution is 9.11. The Kier molecular flexibility index (Phi) is 5.59. The second-order valence-corrected chi connectivity index (χ2v) is 8.36. The zero-order chi connectivity index (χ0) is 13.1. The van der Waals surface area contributed by atoms with E-state index in [4.69, 9.17) is 0 Å². The molecule has 0 saturated heterocycles. The van der Waals surface area contributed by atoms with Crippen molar-refractivity contribution in [1.29, 1.82) is 0 Å². The number of rotatable bonds is 6. The maximum absolute atomic E-state index is 12.0. The minimum Gasteiger partial charge on any atom is -0.319 e. The summed E-state index contributed by atoms with van der Waals surface area (Å²) in [6, 6.07) is 1.64. The van der Waals surface area contributed by atoms with Gasteiger partial charge in [-0.3, -0.25) is 0 Å². The molecule has 1 heterocycles. The molecular weight excluding hydrogens is 324 g/mol. The summed E-state index contributed by atoms with van der Waals surface area (Å²) in [6.45, 7) is 5.03. The molecule has 0 aliphatic rings. The fourth-order valence-electron chi connectivity index (χ4n) is 1.45. The van der Waals surface area contributed by atoms with Crippen molar-refractivity contribution in [2.75, 3.05) is 20.1 Å². The third-order valence-corrected chi connectivity index (χ3v) is 5.54. The van der Waals surface area contributed by atoms with E-state index >= 15 is 0 Å². The maximum atomic E-state index is 12.0. The third kappa shape index (κ3) is 4.33. The average Bonchev–Trinajstić information content (AvgIpc) is 2.56. The Morgan fingerprint density at radius 1 is 1.47 bits per heavy atom. The van der Waals surface area contributed by atoms with E-state index in [0.717, 1.165) is 15.2 Å². The number of hydrogen-bond acceptors (Lipinski definition) is 4. The van der Waals surface area contributed by atoms with Gasteiger partial charge in [0.2, 0.25) is 10.0 Å². The van der Waals surface area contributed by atoms with Crippen LogP contribution in [0.25, 0.3) is 0 Å². The number of sulfonamides is 1. The van der Waals surface area contributed by atoms with E-state index < -0.39 is 10.0 Å². The van der Waals surface area contributed by atoms with Crippen LogP contribution < -0.4 is 10.0 Å². The first-order valence-electron chi connectivity index (χ1n) is 5.27. The molecule has 17 heavy (non-hydrogen) atoms. The molecule has 2 N–H and O–H groups in total. The first kappa shape index (κ1) is 15.1. The van der Waals surface area contributed by atoms with Crippen LogP contribution in [0.3, 0.4) is 0 Å². The first-order valence-corrected chi connectivity index (χ1v) is 8.36. The van der Waals surface area contributed by atoms with Gasteiger partial charge >= 0.3 is 0 Å². The lowest BCUT2D eigenvalue weighted by Gasteiger charge is -2.12. The van der Waals surface area contributed by atoms with Gasteiger partial charge in [-0.1, -0.05) is 6.92 Å². The van der Waals surface area contributed by atoms with Crippen LogP contribution in [0.5, 0.6) is 0 Å². The van der Waals surface area contributed by atoms with Crippen molar-refractivity contribution in [3.8, 4) is 0 Å². The molecule has 0 aromatic carbocycles. The monoisotopic (exact) mass is 340 g/mol. The van der Waals surface area contributed by atoms with Gasteiger partial charge in [-0.2, -0.15) is 0 Å². The van der Waals surface area contributed by atoms with Gasteiger partial charge in [0.15, 0.2) is 0 Å². The SMILES string of the molecule is CNCC(C)CNS(=O)(=O)c1cc(Br)sc1C. The third-order valence-electron chi connectivity index (χ3n) is 2.31. The number of halogens is 1. The van der Waals surface area contributed by atoms with Crippen LogP contribution in [0.15, 0.2) is 14.7 Å². The average molecular weight is 341 g/mol. The summed E-state index contributed by atoms with van der Waals surface area (Å²) < 4.78 is 27.5. The Bertz CT molecular complexity index is 471. The Morgan fingerprint density at radius 2 is 2.12 bits per heavy atom. The summed E-state index contributed by atoms with van der Waals surface area (Å²) in [5.41, 5.74) is 0. The van der Waals surface area contributed by atoms with Gasteiger partial charge in [0, 0.05) is 11.4 Å². The van der Waals surface area contributed by atoms with E-state index in [-0.39, 0.29) is 5.92 Å². The number of thiophene rings is 1. The molecule has 0 fully saturated rings. The molecule has 4 nitrogen and oxygen atoms in total. The highest BCUT2D eigenvalue weighted by Gasteiger charge is 2.19. The standard InChI is InChI=1S/C10H17BrN2O2S2/c1-7(5-12-3)6-13-17(14,15)9-4-10(11)16-8(9)2/h4,7,12-13H,5-6H2,1-3H3. The molecule has 98 valence electrons. The van der Waals surface area contributed by atoms with Crippen LogP contribution >= 0.6 is 27.3 Å². The Balaban J connectivity index is 2.73. The van der Waals surface area contributed by atoms with Gasteiger partial charge in [-0.25, -0.2) is 13.1 Å². The molecule has 1 aromatic rings. The molecule has 0 spiro atoms. The van der Waals surface area contributed by atoms with Crippen molar-refractivity contribution in [3.63, 3.8) is 0 Å². The van der Waals surface area contributed by atoms with E-state index in [1.807, 2.05) is 14.0 Å². The lowest BCUT2D eigenvalue weighted by atomic mass is 10.2. The predicted molar refractivity (Wildman–Crippen MR) is 75.0 cm³/mol. The fourth-order valence-corrected chi connectivity index (χ4v) is 5.03. The zero-order valence-corrected chi connectivity index (χ0v) is 13.3. The smallest absolute Gasteiger partial charge is 0.241 e. The Morgan fingerprint density at radius 3 is 2.59 bits per heavy atom. The minimum atomic E-state index is -3.38. The molecule has 0 amide bonds. The maximum Gasteiger partial charge on any atom is 0.241 e. The van der Waals surface area contributed by atoms with Gasteiger partial charge in [-0.05, 0) is 48.4 Å². The fraction of sp³-hybridized carbons (Fsp3) is 0.600. The van der Waals surface area contributed by atoms with Crippen molar-refractivity contribution >= 4 is 37.3 Å². The van der Waals surface area contributed by atoms with Crippen molar-refractivity contribution in [3.05, 3.63) is 14.7 Å². The van der Waals surface area contributed by atoms with E-state index in [9.17, 15) is 8.42 Å². The number of aryl methyl sites for hydroxylation is 1. The molecular formula is C10H17BrN2O2S2. The molecule has 1 aromatic heterocycles. The summed E-state index contributed by atoms with van der Waals surface area (Å²) in [4.78, 5) is 1.16. The lowest BCUT2D eigenvalue weighted by molar-refractivity contribution is 0.519. The van der Waals surface area contributed by atoms with Crippen molar-refractivity contribution < 1.29 is 8.42 Å². The van der Waals surface area contributed by atoms with Gasteiger partial charge in [-0.15, -0.1) is 11.3 Å². The quantitative estimate of drug-likeness (QED) is 0.832. The summed E-state index contributed by atoms with van der Waals surface area (Å²) in [5.74, 6) is 0.261. The minimum absolute atomic E-state index is 0.261. The van der Waals surface area contributed by atoms with Gasteiger partial charge in [0.05, 0.1) is 8.68 Å². The molecule has 0 bridgehead atoms. The molecule has 1 unspecified atom stereocenters. The van der Waals surface area contributed by atoms with Crippen LogP contribution in [0.2, 0.25) is 0 Å². The van der Waals surface area contributed by atoms with E-state index in [1.165, 1.54) is 11.3 Å². The molecule has 1 rings (SSSR count).